The smallest absolute Gasteiger partial charge is 0.328 e. The molecule has 0 saturated heterocycles. The average Bonchev–Trinajstić information content (AvgIpc) is 2.37. The molecule has 0 bridgehead atoms. The zero-order valence-electron chi connectivity index (χ0n) is 9.92. The van der Waals surface area contributed by atoms with Gasteiger partial charge in [-0.15, -0.1) is 0 Å². The largest absolute Gasteiger partial charge is 0.478 e. The van der Waals surface area contributed by atoms with Crippen LogP contribution >= 0.6 is 0 Å². The van der Waals surface area contributed by atoms with Gasteiger partial charge in [0.25, 0.3) is 5.91 Å². The third kappa shape index (κ3) is 4.75. The molecule has 6 heteroatoms. The summed E-state index contributed by atoms with van der Waals surface area (Å²) in [5.74, 6) is -1.32. The molecule has 1 aromatic rings. The van der Waals surface area contributed by atoms with Crippen LogP contribution in [0.2, 0.25) is 0 Å². The number of carbonyl (C=O) groups is 2. The fourth-order valence-corrected chi connectivity index (χ4v) is 1.16. The number of pyridine rings is 1. The first-order valence-electron chi connectivity index (χ1n) is 5.27. The lowest BCUT2D eigenvalue weighted by molar-refractivity contribution is -0.131. The summed E-state index contributed by atoms with van der Waals surface area (Å²) in [5.41, 5.74) is 0.893. The highest BCUT2D eigenvalue weighted by molar-refractivity contribution is 5.92. The minimum Gasteiger partial charge on any atom is -0.478 e. The van der Waals surface area contributed by atoms with E-state index in [1.807, 2.05) is 0 Å². The lowest BCUT2D eigenvalue weighted by Crippen LogP contribution is -2.27. The van der Waals surface area contributed by atoms with E-state index in [4.69, 9.17) is 9.84 Å². The van der Waals surface area contributed by atoms with Crippen molar-refractivity contribution in [2.24, 2.45) is 0 Å². The summed E-state index contributed by atoms with van der Waals surface area (Å²) < 4.78 is 4.80. The topological polar surface area (TPSA) is 88.5 Å². The third-order valence-electron chi connectivity index (χ3n) is 2.03. The van der Waals surface area contributed by atoms with Crippen LogP contribution in [0.1, 0.15) is 16.1 Å². The molecular weight excluding hydrogens is 236 g/mol. The van der Waals surface area contributed by atoms with Gasteiger partial charge in [0.15, 0.2) is 0 Å². The number of aromatic nitrogens is 1. The molecule has 1 amide bonds. The minimum absolute atomic E-state index is 0.276. The second kappa shape index (κ2) is 7.18. The van der Waals surface area contributed by atoms with Gasteiger partial charge in [0, 0.05) is 25.9 Å². The Kier molecular flexibility index (Phi) is 5.53. The zero-order chi connectivity index (χ0) is 13.4. The van der Waals surface area contributed by atoms with Crippen LogP contribution in [0.4, 0.5) is 0 Å². The van der Waals surface area contributed by atoms with Crippen molar-refractivity contribution < 1.29 is 19.4 Å². The fourth-order valence-electron chi connectivity index (χ4n) is 1.16. The van der Waals surface area contributed by atoms with E-state index in [2.05, 4.69) is 10.3 Å². The molecule has 0 aromatic carbocycles. The molecule has 96 valence electrons. The Morgan fingerprint density at radius 2 is 2.28 bits per heavy atom. The Labute approximate surface area is 104 Å². The summed E-state index contributed by atoms with van der Waals surface area (Å²) in [5, 5.41) is 11.1. The second-order valence-corrected chi connectivity index (χ2v) is 3.40. The van der Waals surface area contributed by atoms with Crippen LogP contribution in [0.3, 0.4) is 0 Å². The highest BCUT2D eigenvalue weighted by atomic mass is 16.5. The number of methoxy groups -OCH3 is 1. The van der Waals surface area contributed by atoms with Crippen molar-refractivity contribution in [2.45, 2.75) is 0 Å². The number of carbonyl (C=O) groups excluding carboxylic acids is 1. The van der Waals surface area contributed by atoms with Gasteiger partial charge in [-0.25, -0.2) is 4.79 Å². The number of carboxylic acid groups (broad SMARTS) is 1. The zero-order valence-corrected chi connectivity index (χ0v) is 9.92. The predicted octanol–water partition coefficient (Wildman–Crippen LogP) is 0.556. The summed E-state index contributed by atoms with van der Waals surface area (Å²) in [7, 11) is 1.55. The molecule has 0 spiro atoms. The summed E-state index contributed by atoms with van der Waals surface area (Å²) in [6.45, 7) is 0.850. The van der Waals surface area contributed by atoms with Crippen LogP contribution in [-0.2, 0) is 9.53 Å². The number of ether oxygens (including phenoxy) is 1. The summed E-state index contributed by atoms with van der Waals surface area (Å²) in [6.07, 6.45) is 3.85. The van der Waals surface area contributed by atoms with E-state index in [0.29, 0.717) is 18.7 Å². The molecular formula is C12H14N2O4. The number of rotatable bonds is 6. The maximum Gasteiger partial charge on any atom is 0.328 e. The molecule has 0 saturated carbocycles. The number of carboxylic acids is 1. The second-order valence-electron chi connectivity index (χ2n) is 3.40. The molecule has 0 fully saturated rings. The van der Waals surface area contributed by atoms with Gasteiger partial charge in [-0.2, -0.15) is 0 Å². The van der Waals surface area contributed by atoms with Crippen LogP contribution in [0.15, 0.2) is 24.4 Å². The minimum atomic E-state index is -1.03. The molecule has 0 aliphatic rings. The number of nitrogens with one attached hydrogen (secondary N) is 1. The van der Waals surface area contributed by atoms with E-state index >= 15 is 0 Å². The third-order valence-corrected chi connectivity index (χ3v) is 2.03. The highest BCUT2D eigenvalue weighted by Crippen LogP contribution is 2.02. The Bertz CT molecular complexity index is 440. The first-order chi connectivity index (χ1) is 8.63. The average molecular weight is 250 g/mol. The molecule has 0 aliphatic heterocycles. The molecule has 1 aromatic heterocycles. The number of nitrogens with zero attached hydrogens (tertiary/aromatic N) is 1. The number of aliphatic carboxylic acids is 1. The van der Waals surface area contributed by atoms with Crippen molar-refractivity contribution in [3.63, 3.8) is 0 Å². The number of amides is 1. The molecule has 1 heterocycles. The van der Waals surface area contributed by atoms with E-state index in [9.17, 15) is 9.59 Å². The molecule has 0 aliphatic carbocycles. The summed E-state index contributed by atoms with van der Waals surface area (Å²) in [6, 6.07) is 3.15. The summed E-state index contributed by atoms with van der Waals surface area (Å²) >= 11 is 0. The number of hydrogen-bond acceptors (Lipinski definition) is 4. The van der Waals surface area contributed by atoms with Crippen molar-refractivity contribution in [1.29, 1.82) is 0 Å². The quantitative estimate of drug-likeness (QED) is 0.568. The standard InChI is InChI=1S/C12H14N2O4/c1-18-7-6-13-12(17)10-4-2-9(8-14-10)3-5-11(15)16/h2-5,8H,6-7H2,1H3,(H,13,17)(H,15,16). The monoisotopic (exact) mass is 250 g/mol. The van der Waals surface area contributed by atoms with Gasteiger partial charge in [-0.05, 0) is 17.7 Å². The maximum atomic E-state index is 11.6. The van der Waals surface area contributed by atoms with E-state index < -0.39 is 5.97 Å². The molecule has 0 radical (unpaired) electrons. The number of hydrogen-bond donors (Lipinski definition) is 2. The van der Waals surface area contributed by atoms with Gasteiger partial charge < -0.3 is 15.2 Å². The van der Waals surface area contributed by atoms with Crippen molar-refractivity contribution in [3.8, 4) is 0 Å². The maximum absolute atomic E-state index is 11.6. The van der Waals surface area contributed by atoms with Crippen LogP contribution in [0, 0.1) is 0 Å². The molecule has 6 nitrogen and oxygen atoms in total. The van der Waals surface area contributed by atoms with E-state index in [1.165, 1.54) is 18.3 Å². The molecule has 0 atom stereocenters. The Morgan fingerprint density at radius 3 is 2.83 bits per heavy atom. The normalized spacial score (nSPS) is 10.5. The predicted molar refractivity (Wildman–Crippen MR) is 65.1 cm³/mol. The van der Waals surface area contributed by atoms with Crippen molar-refractivity contribution in [1.82, 2.24) is 10.3 Å². The van der Waals surface area contributed by atoms with Crippen LogP contribution in [0.5, 0.6) is 0 Å². The van der Waals surface area contributed by atoms with E-state index in [-0.39, 0.29) is 11.6 Å². The van der Waals surface area contributed by atoms with Crippen molar-refractivity contribution in [3.05, 3.63) is 35.7 Å². The Morgan fingerprint density at radius 1 is 1.50 bits per heavy atom. The first-order valence-corrected chi connectivity index (χ1v) is 5.27. The molecule has 1 rings (SSSR count). The van der Waals surface area contributed by atoms with Crippen LogP contribution in [0.25, 0.3) is 6.08 Å². The highest BCUT2D eigenvalue weighted by Gasteiger charge is 2.05. The van der Waals surface area contributed by atoms with E-state index in [1.54, 1.807) is 13.2 Å². The Hall–Kier alpha value is -2.21. The first kappa shape index (κ1) is 13.9. The summed E-state index contributed by atoms with van der Waals surface area (Å²) in [4.78, 5) is 25.8. The SMILES string of the molecule is COCCNC(=O)c1ccc(C=CC(=O)O)cn1. The lowest BCUT2D eigenvalue weighted by Gasteiger charge is -2.03. The molecule has 2 N–H and O–H groups in total. The van der Waals surface area contributed by atoms with Gasteiger partial charge in [-0.1, -0.05) is 6.07 Å². The lowest BCUT2D eigenvalue weighted by atomic mass is 10.2. The van der Waals surface area contributed by atoms with Crippen molar-refractivity contribution in [2.75, 3.05) is 20.3 Å². The fraction of sp³-hybridized carbons (Fsp3) is 0.250. The van der Waals surface area contributed by atoms with Gasteiger partial charge >= 0.3 is 5.97 Å². The van der Waals surface area contributed by atoms with Gasteiger partial charge in [0.2, 0.25) is 0 Å². The molecule has 18 heavy (non-hydrogen) atoms. The van der Waals surface area contributed by atoms with Crippen LogP contribution in [-0.4, -0.2) is 42.2 Å². The van der Waals surface area contributed by atoms with Gasteiger partial charge in [0.05, 0.1) is 6.61 Å². The van der Waals surface area contributed by atoms with Crippen molar-refractivity contribution >= 4 is 18.0 Å². The molecule has 0 unspecified atom stereocenters. The van der Waals surface area contributed by atoms with E-state index in [0.717, 1.165) is 6.08 Å². The Balaban J connectivity index is 2.59. The van der Waals surface area contributed by atoms with Gasteiger partial charge in [-0.3, -0.25) is 9.78 Å². The van der Waals surface area contributed by atoms with Gasteiger partial charge in [0.1, 0.15) is 5.69 Å². The van der Waals surface area contributed by atoms with Crippen LogP contribution < -0.4 is 5.32 Å².